The number of carbonyl (C=O) groups is 1. The molecular weight excluding hydrogens is 268 g/mol. The largest absolute Gasteiger partial charge is 0.464 e. The zero-order chi connectivity index (χ0) is 15.5. The lowest BCUT2D eigenvalue weighted by atomic mass is 10.1. The van der Waals surface area contributed by atoms with Gasteiger partial charge in [-0.3, -0.25) is 4.84 Å². The predicted molar refractivity (Wildman–Crippen MR) is 79.2 cm³/mol. The van der Waals surface area contributed by atoms with Crippen LogP contribution in [-0.4, -0.2) is 24.2 Å². The molecule has 1 heterocycles. The Bertz CT molecular complexity index is 602. The molecule has 0 amide bonds. The summed E-state index contributed by atoms with van der Waals surface area (Å²) in [6.45, 7) is 5.27. The Morgan fingerprint density at radius 2 is 2.14 bits per heavy atom. The van der Waals surface area contributed by atoms with E-state index in [1.165, 1.54) is 5.06 Å². The fourth-order valence-electron chi connectivity index (χ4n) is 2.04. The van der Waals surface area contributed by atoms with Gasteiger partial charge in [0.05, 0.1) is 18.4 Å². The number of hydrogen-bond donors (Lipinski definition) is 0. The third-order valence-electron chi connectivity index (χ3n) is 3.11. The quantitative estimate of drug-likeness (QED) is 0.796. The number of carbonyl (C=O) groups excluding carboxylic acids is 1. The molecule has 2 rings (SSSR count). The molecule has 1 aromatic carbocycles. The maximum absolute atomic E-state index is 12.0. The first-order chi connectivity index (χ1) is 9.99. The maximum Gasteiger partial charge on any atom is 0.340 e. The summed E-state index contributed by atoms with van der Waals surface area (Å²) in [5.41, 5.74) is 0.510. The van der Waals surface area contributed by atoms with Crippen molar-refractivity contribution in [3.05, 3.63) is 35.9 Å². The van der Waals surface area contributed by atoms with Crippen LogP contribution in [0.3, 0.4) is 0 Å². The van der Waals surface area contributed by atoms with E-state index < -0.39 is 17.6 Å². The van der Waals surface area contributed by atoms with E-state index in [0.29, 0.717) is 0 Å². The van der Waals surface area contributed by atoms with Gasteiger partial charge in [-0.25, -0.2) is 9.86 Å². The lowest BCUT2D eigenvalue weighted by Gasteiger charge is -2.36. The average molecular weight is 286 g/mol. The van der Waals surface area contributed by atoms with E-state index in [9.17, 15) is 10.1 Å². The molecule has 0 bridgehead atoms. The summed E-state index contributed by atoms with van der Waals surface area (Å²) in [4.78, 5) is 17.8. The molecule has 0 N–H and O–H groups in total. The van der Waals surface area contributed by atoms with Crippen molar-refractivity contribution >= 4 is 17.7 Å². The molecule has 1 unspecified atom stereocenters. The zero-order valence-corrected chi connectivity index (χ0v) is 12.4. The van der Waals surface area contributed by atoms with E-state index >= 15 is 0 Å². The van der Waals surface area contributed by atoms with Crippen molar-refractivity contribution in [1.82, 2.24) is 0 Å². The van der Waals surface area contributed by atoms with Gasteiger partial charge in [-0.1, -0.05) is 24.3 Å². The number of esters is 1. The van der Waals surface area contributed by atoms with Crippen molar-refractivity contribution < 1.29 is 14.4 Å². The number of nitriles is 1. The Hall–Kier alpha value is -2.32. The maximum atomic E-state index is 12.0. The third kappa shape index (κ3) is 3.06. The van der Waals surface area contributed by atoms with Gasteiger partial charge >= 0.3 is 5.97 Å². The zero-order valence-electron chi connectivity index (χ0n) is 12.4. The van der Waals surface area contributed by atoms with E-state index in [0.717, 1.165) is 11.3 Å². The minimum Gasteiger partial charge on any atom is -0.464 e. The number of ether oxygens (including phenoxy) is 1. The molecule has 0 radical (unpaired) electrons. The van der Waals surface area contributed by atoms with E-state index in [1.54, 1.807) is 26.8 Å². The molecule has 21 heavy (non-hydrogen) atoms. The highest BCUT2D eigenvalue weighted by molar-refractivity contribution is 5.79. The standard InChI is InChI=1S/C16H18N2O3/c1-4-20-15(19)16(2,3)21-18-13(11-17)10-9-12-7-5-6-8-14(12)18/h5-10,13H,4H2,1-3H3. The highest BCUT2D eigenvalue weighted by Crippen LogP contribution is 2.31. The average Bonchev–Trinajstić information content (AvgIpc) is 2.47. The monoisotopic (exact) mass is 286 g/mol. The molecule has 0 fully saturated rings. The van der Waals surface area contributed by atoms with Gasteiger partial charge in [-0.05, 0) is 32.9 Å². The van der Waals surface area contributed by atoms with Crippen LogP contribution in [0.15, 0.2) is 30.3 Å². The molecule has 5 nitrogen and oxygen atoms in total. The molecule has 0 saturated carbocycles. The Balaban J connectivity index is 2.31. The molecule has 0 aliphatic carbocycles. The molecule has 5 heteroatoms. The molecule has 110 valence electrons. The SMILES string of the molecule is CCOC(=O)C(C)(C)ON1c2ccccc2C=CC1C#N. The molecule has 0 saturated heterocycles. The minimum absolute atomic E-state index is 0.282. The number of para-hydroxylation sites is 1. The topological polar surface area (TPSA) is 62.6 Å². The van der Waals surface area contributed by atoms with Gasteiger partial charge < -0.3 is 4.74 Å². The summed E-state index contributed by atoms with van der Waals surface area (Å²) in [5.74, 6) is -0.464. The molecule has 1 aliphatic rings. The molecule has 0 spiro atoms. The Morgan fingerprint density at radius 1 is 1.43 bits per heavy atom. The first-order valence-corrected chi connectivity index (χ1v) is 6.82. The van der Waals surface area contributed by atoms with Crippen molar-refractivity contribution in [2.75, 3.05) is 11.7 Å². The van der Waals surface area contributed by atoms with Crippen LogP contribution >= 0.6 is 0 Å². The second kappa shape index (κ2) is 5.98. The summed E-state index contributed by atoms with van der Waals surface area (Å²) >= 11 is 0. The smallest absolute Gasteiger partial charge is 0.340 e. The summed E-state index contributed by atoms with van der Waals surface area (Å²) in [5, 5.41) is 10.8. The van der Waals surface area contributed by atoms with Gasteiger partial charge in [-0.15, -0.1) is 0 Å². The van der Waals surface area contributed by atoms with Crippen LogP contribution in [-0.2, 0) is 14.4 Å². The summed E-state index contributed by atoms with van der Waals surface area (Å²) < 4.78 is 5.01. The van der Waals surface area contributed by atoms with Gasteiger partial charge in [-0.2, -0.15) is 5.26 Å². The van der Waals surface area contributed by atoms with Crippen molar-refractivity contribution in [2.45, 2.75) is 32.4 Å². The van der Waals surface area contributed by atoms with Crippen LogP contribution in [0.2, 0.25) is 0 Å². The van der Waals surface area contributed by atoms with Crippen LogP contribution in [0.4, 0.5) is 5.69 Å². The molecule has 1 atom stereocenters. The predicted octanol–water partition coefficient (Wildman–Crippen LogP) is 2.69. The summed E-state index contributed by atoms with van der Waals surface area (Å²) in [7, 11) is 0. The number of hydrogen-bond acceptors (Lipinski definition) is 5. The first kappa shape index (κ1) is 15.1. The molecular formula is C16H18N2O3. The normalized spacial score (nSPS) is 17.0. The van der Waals surface area contributed by atoms with E-state index in [1.807, 2.05) is 30.3 Å². The molecule has 0 aromatic heterocycles. The van der Waals surface area contributed by atoms with Crippen LogP contribution < -0.4 is 5.06 Å². The van der Waals surface area contributed by atoms with Gasteiger partial charge in [0.15, 0.2) is 11.6 Å². The van der Waals surface area contributed by atoms with E-state index in [2.05, 4.69) is 6.07 Å². The van der Waals surface area contributed by atoms with Crippen molar-refractivity contribution in [3.8, 4) is 6.07 Å². The Kier molecular flexibility index (Phi) is 4.29. The van der Waals surface area contributed by atoms with Crippen LogP contribution in [0.25, 0.3) is 6.08 Å². The summed E-state index contributed by atoms with van der Waals surface area (Å²) in [6.07, 6.45) is 3.62. The second-order valence-corrected chi connectivity index (χ2v) is 5.14. The number of hydroxylamine groups is 1. The number of anilines is 1. The minimum atomic E-state index is -1.18. The lowest BCUT2D eigenvalue weighted by Crippen LogP contribution is -2.47. The van der Waals surface area contributed by atoms with Crippen LogP contribution in [0.1, 0.15) is 26.3 Å². The molecule has 1 aromatic rings. The number of benzene rings is 1. The van der Waals surface area contributed by atoms with E-state index in [4.69, 9.17) is 9.57 Å². The van der Waals surface area contributed by atoms with E-state index in [-0.39, 0.29) is 6.61 Å². The Morgan fingerprint density at radius 3 is 2.81 bits per heavy atom. The molecule has 1 aliphatic heterocycles. The highest BCUT2D eigenvalue weighted by Gasteiger charge is 2.36. The van der Waals surface area contributed by atoms with Gasteiger partial charge in [0.2, 0.25) is 0 Å². The number of fused-ring (bicyclic) bond motifs is 1. The van der Waals surface area contributed by atoms with Gasteiger partial charge in [0, 0.05) is 5.56 Å². The van der Waals surface area contributed by atoms with Crippen LogP contribution in [0.5, 0.6) is 0 Å². The second-order valence-electron chi connectivity index (χ2n) is 5.14. The first-order valence-electron chi connectivity index (χ1n) is 6.82. The van der Waals surface area contributed by atoms with Crippen molar-refractivity contribution in [1.29, 1.82) is 5.26 Å². The van der Waals surface area contributed by atoms with Crippen molar-refractivity contribution in [3.63, 3.8) is 0 Å². The number of rotatable bonds is 4. The van der Waals surface area contributed by atoms with Crippen molar-refractivity contribution in [2.24, 2.45) is 0 Å². The van der Waals surface area contributed by atoms with Gasteiger partial charge in [0.25, 0.3) is 0 Å². The number of nitrogens with zero attached hydrogens (tertiary/aromatic N) is 2. The highest BCUT2D eigenvalue weighted by atomic mass is 16.7. The van der Waals surface area contributed by atoms with Gasteiger partial charge in [0.1, 0.15) is 0 Å². The van der Waals surface area contributed by atoms with Crippen LogP contribution in [0, 0.1) is 11.3 Å². The Labute approximate surface area is 124 Å². The third-order valence-corrected chi connectivity index (χ3v) is 3.11. The lowest BCUT2D eigenvalue weighted by molar-refractivity contribution is -0.169. The fraction of sp³-hybridized carbons (Fsp3) is 0.375. The fourth-order valence-corrected chi connectivity index (χ4v) is 2.04. The summed E-state index contributed by atoms with van der Waals surface area (Å²) in [6, 6.07) is 9.11.